The van der Waals surface area contributed by atoms with Gasteiger partial charge in [0, 0.05) is 21.8 Å². The lowest BCUT2D eigenvalue weighted by Crippen LogP contribution is -2.30. The van der Waals surface area contributed by atoms with Crippen molar-refractivity contribution in [3.63, 3.8) is 0 Å². The maximum Gasteiger partial charge on any atom is 0.272 e. The molecule has 0 aliphatic carbocycles. The van der Waals surface area contributed by atoms with Crippen molar-refractivity contribution in [3.8, 4) is 11.1 Å². The molecular formula is C39H35N3O3S. The first-order valence-electron chi connectivity index (χ1n) is 15.0. The lowest BCUT2D eigenvalue weighted by Gasteiger charge is -2.12. The molecule has 5 aromatic carbocycles. The van der Waals surface area contributed by atoms with E-state index < -0.39 is 5.91 Å². The van der Waals surface area contributed by atoms with Crippen molar-refractivity contribution in [3.05, 3.63) is 156 Å². The van der Waals surface area contributed by atoms with E-state index in [1.807, 2.05) is 97.1 Å². The number of anilines is 2. The zero-order valence-corrected chi connectivity index (χ0v) is 26.5. The third-order valence-corrected chi connectivity index (χ3v) is 8.21. The van der Waals surface area contributed by atoms with Gasteiger partial charge in [-0.2, -0.15) is 0 Å². The summed E-state index contributed by atoms with van der Waals surface area (Å²) in [5.41, 5.74) is 6.00. The number of nitrogens with one attached hydrogen (secondary N) is 3. The molecule has 0 aromatic heterocycles. The molecule has 230 valence electrons. The standard InChI is InChI=1S/C39H35N3O3S/c1-27(2)29-17-19-33(20-18-29)40-37(43)26-46-35-23-21-34(22-24-35)41-39(45)36(42-38(44)32-11-7-4-8-12-32)25-28-13-15-31(16-14-28)30-9-5-3-6-10-30/h3-25,27H,26H2,1-2H3,(H,40,43)(H,41,45)(H,42,44)/b36-25-. The third kappa shape index (κ3) is 9.06. The fraction of sp³-hybridized carbons (Fsp3) is 0.103. The smallest absolute Gasteiger partial charge is 0.272 e. The molecule has 0 spiro atoms. The summed E-state index contributed by atoms with van der Waals surface area (Å²) in [4.78, 5) is 39.8. The minimum absolute atomic E-state index is 0.0968. The SMILES string of the molecule is CC(C)c1ccc(NC(=O)CSc2ccc(NC(=O)/C(=C/c3ccc(-c4ccccc4)cc3)NC(=O)c3ccccc3)cc2)cc1. The Morgan fingerprint density at radius 1 is 0.652 bits per heavy atom. The Kier molecular flexibility index (Phi) is 10.8. The van der Waals surface area contributed by atoms with E-state index in [-0.39, 0.29) is 23.3 Å². The molecule has 0 bridgehead atoms. The van der Waals surface area contributed by atoms with Gasteiger partial charge in [-0.3, -0.25) is 14.4 Å². The molecule has 0 aliphatic rings. The van der Waals surface area contributed by atoms with Crippen LogP contribution in [0, 0.1) is 0 Å². The average Bonchev–Trinajstić information content (AvgIpc) is 3.09. The summed E-state index contributed by atoms with van der Waals surface area (Å²) >= 11 is 1.40. The fourth-order valence-corrected chi connectivity index (χ4v) is 5.34. The highest BCUT2D eigenvalue weighted by Gasteiger charge is 2.15. The van der Waals surface area contributed by atoms with Crippen molar-refractivity contribution in [2.24, 2.45) is 0 Å². The summed E-state index contributed by atoms with van der Waals surface area (Å²) in [5, 5.41) is 8.59. The number of amides is 3. The van der Waals surface area contributed by atoms with Crippen LogP contribution in [0.1, 0.15) is 41.3 Å². The van der Waals surface area contributed by atoms with Crippen LogP contribution in [0.25, 0.3) is 17.2 Å². The molecule has 0 unspecified atom stereocenters. The van der Waals surface area contributed by atoms with Crippen molar-refractivity contribution in [1.82, 2.24) is 5.32 Å². The van der Waals surface area contributed by atoms with Gasteiger partial charge >= 0.3 is 0 Å². The van der Waals surface area contributed by atoms with Gasteiger partial charge in [0.25, 0.3) is 11.8 Å². The Balaban J connectivity index is 1.23. The molecule has 5 aromatic rings. The third-order valence-electron chi connectivity index (χ3n) is 7.20. The normalized spacial score (nSPS) is 11.2. The number of hydrogen-bond acceptors (Lipinski definition) is 4. The van der Waals surface area contributed by atoms with E-state index in [4.69, 9.17) is 0 Å². The van der Waals surface area contributed by atoms with Crippen molar-refractivity contribution >= 4 is 46.9 Å². The number of benzene rings is 5. The first-order chi connectivity index (χ1) is 22.3. The molecule has 3 N–H and O–H groups in total. The molecule has 0 atom stereocenters. The highest BCUT2D eigenvalue weighted by molar-refractivity contribution is 8.00. The van der Waals surface area contributed by atoms with Crippen LogP contribution in [-0.4, -0.2) is 23.5 Å². The van der Waals surface area contributed by atoms with Crippen molar-refractivity contribution < 1.29 is 14.4 Å². The van der Waals surface area contributed by atoms with Gasteiger partial charge in [0.15, 0.2) is 0 Å². The molecule has 46 heavy (non-hydrogen) atoms. The second kappa shape index (κ2) is 15.5. The minimum Gasteiger partial charge on any atom is -0.325 e. The van der Waals surface area contributed by atoms with Gasteiger partial charge in [0.1, 0.15) is 5.70 Å². The molecule has 0 fully saturated rings. The van der Waals surface area contributed by atoms with Crippen LogP contribution in [0.5, 0.6) is 0 Å². The van der Waals surface area contributed by atoms with E-state index in [1.165, 1.54) is 17.3 Å². The van der Waals surface area contributed by atoms with Crippen molar-refractivity contribution in [2.75, 3.05) is 16.4 Å². The summed E-state index contributed by atoms with van der Waals surface area (Å²) in [6.07, 6.45) is 1.66. The van der Waals surface area contributed by atoms with Gasteiger partial charge in [-0.1, -0.05) is 98.8 Å². The van der Waals surface area contributed by atoms with Crippen LogP contribution in [-0.2, 0) is 9.59 Å². The van der Waals surface area contributed by atoms with Gasteiger partial charge in [-0.15, -0.1) is 11.8 Å². The van der Waals surface area contributed by atoms with Crippen LogP contribution < -0.4 is 16.0 Å². The summed E-state index contributed by atoms with van der Waals surface area (Å²) in [7, 11) is 0. The molecule has 7 heteroatoms. The summed E-state index contributed by atoms with van der Waals surface area (Å²) in [6.45, 7) is 4.26. The summed E-state index contributed by atoms with van der Waals surface area (Å²) < 4.78 is 0. The van der Waals surface area contributed by atoms with E-state index in [0.717, 1.165) is 27.3 Å². The average molecular weight is 626 g/mol. The Morgan fingerprint density at radius 3 is 1.85 bits per heavy atom. The second-order valence-corrected chi connectivity index (χ2v) is 12.0. The Morgan fingerprint density at radius 2 is 1.22 bits per heavy atom. The van der Waals surface area contributed by atoms with E-state index in [1.54, 1.807) is 42.5 Å². The monoisotopic (exact) mass is 625 g/mol. The van der Waals surface area contributed by atoms with Crippen LogP contribution in [0.4, 0.5) is 11.4 Å². The van der Waals surface area contributed by atoms with Crippen LogP contribution in [0.15, 0.2) is 144 Å². The lowest BCUT2D eigenvalue weighted by molar-refractivity contribution is -0.114. The number of rotatable bonds is 11. The zero-order chi connectivity index (χ0) is 32.3. The molecule has 0 radical (unpaired) electrons. The Labute approximate surface area is 274 Å². The fourth-order valence-electron chi connectivity index (χ4n) is 4.64. The van der Waals surface area contributed by atoms with Gasteiger partial charge < -0.3 is 16.0 Å². The van der Waals surface area contributed by atoms with E-state index in [9.17, 15) is 14.4 Å². The van der Waals surface area contributed by atoms with Gasteiger partial charge in [-0.25, -0.2) is 0 Å². The van der Waals surface area contributed by atoms with Crippen molar-refractivity contribution in [2.45, 2.75) is 24.7 Å². The minimum atomic E-state index is -0.459. The van der Waals surface area contributed by atoms with E-state index in [0.29, 0.717) is 17.2 Å². The van der Waals surface area contributed by atoms with Crippen LogP contribution in [0.3, 0.4) is 0 Å². The molecule has 0 aliphatic heterocycles. The first-order valence-corrected chi connectivity index (χ1v) is 16.0. The molecule has 0 saturated carbocycles. The quantitative estimate of drug-likeness (QED) is 0.101. The van der Waals surface area contributed by atoms with Gasteiger partial charge in [0.05, 0.1) is 5.75 Å². The number of carbonyl (C=O) groups excluding carboxylic acids is 3. The van der Waals surface area contributed by atoms with Gasteiger partial charge in [-0.05, 0) is 82.8 Å². The molecule has 3 amide bonds. The Hall–Kier alpha value is -5.40. The molecule has 0 heterocycles. The zero-order valence-electron chi connectivity index (χ0n) is 25.7. The second-order valence-electron chi connectivity index (χ2n) is 11.0. The maximum absolute atomic E-state index is 13.5. The van der Waals surface area contributed by atoms with E-state index >= 15 is 0 Å². The highest BCUT2D eigenvalue weighted by atomic mass is 32.2. The molecule has 5 rings (SSSR count). The van der Waals surface area contributed by atoms with Crippen molar-refractivity contribution in [1.29, 1.82) is 0 Å². The predicted octanol–water partition coefficient (Wildman–Crippen LogP) is 8.62. The van der Waals surface area contributed by atoms with E-state index in [2.05, 4.69) is 29.8 Å². The van der Waals surface area contributed by atoms with Crippen LogP contribution >= 0.6 is 11.8 Å². The van der Waals surface area contributed by atoms with Crippen LogP contribution in [0.2, 0.25) is 0 Å². The topological polar surface area (TPSA) is 87.3 Å². The maximum atomic E-state index is 13.5. The Bertz CT molecular complexity index is 1800. The molecule has 0 saturated heterocycles. The van der Waals surface area contributed by atoms with Gasteiger partial charge in [0.2, 0.25) is 5.91 Å². The summed E-state index contributed by atoms with van der Waals surface area (Å²) in [6, 6.07) is 41.7. The number of hydrogen-bond donors (Lipinski definition) is 3. The number of carbonyl (C=O) groups is 3. The summed E-state index contributed by atoms with van der Waals surface area (Å²) in [5.74, 6) is -0.260. The highest BCUT2D eigenvalue weighted by Crippen LogP contribution is 2.23. The largest absolute Gasteiger partial charge is 0.325 e. The molecular weight excluding hydrogens is 591 g/mol. The first kappa shape index (κ1) is 32.0. The lowest BCUT2D eigenvalue weighted by atomic mass is 10.0. The predicted molar refractivity (Wildman–Crippen MR) is 189 cm³/mol. The molecule has 6 nitrogen and oxygen atoms in total. The number of thioether (sulfide) groups is 1.